The monoisotopic (exact) mass is 422 g/mol. The van der Waals surface area contributed by atoms with Crippen LogP contribution in [0.3, 0.4) is 0 Å². The van der Waals surface area contributed by atoms with E-state index in [1.54, 1.807) is 0 Å². The topological polar surface area (TPSA) is 95.9 Å². The molecule has 0 bridgehead atoms. The Bertz CT molecular complexity index is 940. The summed E-state index contributed by atoms with van der Waals surface area (Å²) < 4.78 is 5.47. The molecule has 1 fully saturated rings. The Morgan fingerprint density at radius 1 is 1.00 bits per heavy atom. The van der Waals surface area contributed by atoms with Crippen molar-refractivity contribution in [2.75, 3.05) is 19.7 Å². The molecule has 2 amide bonds. The van der Waals surface area contributed by atoms with E-state index in [-0.39, 0.29) is 37.4 Å². The van der Waals surface area contributed by atoms with E-state index in [1.807, 2.05) is 24.3 Å². The van der Waals surface area contributed by atoms with Crippen molar-refractivity contribution in [3.05, 3.63) is 59.7 Å². The first-order chi connectivity index (χ1) is 15.0. The molecule has 0 saturated heterocycles. The molecule has 7 heteroatoms. The average molecular weight is 422 g/mol. The summed E-state index contributed by atoms with van der Waals surface area (Å²) in [7, 11) is 0. The van der Waals surface area contributed by atoms with Crippen molar-refractivity contribution >= 4 is 18.0 Å². The number of carboxylic acids is 1. The van der Waals surface area contributed by atoms with E-state index < -0.39 is 12.1 Å². The first-order valence-corrected chi connectivity index (χ1v) is 10.6. The minimum absolute atomic E-state index is 0.00264. The lowest BCUT2D eigenvalue weighted by Crippen LogP contribution is -2.37. The van der Waals surface area contributed by atoms with Crippen LogP contribution in [0.5, 0.6) is 0 Å². The van der Waals surface area contributed by atoms with Gasteiger partial charge in [-0.05, 0) is 41.5 Å². The smallest absolute Gasteiger partial charge is 0.407 e. The maximum Gasteiger partial charge on any atom is 0.407 e. The highest BCUT2D eigenvalue weighted by molar-refractivity contribution is 5.82. The van der Waals surface area contributed by atoms with Crippen LogP contribution < -0.4 is 5.32 Å². The third-order valence-electron chi connectivity index (χ3n) is 5.79. The van der Waals surface area contributed by atoms with E-state index in [1.165, 1.54) is 16.0 Å². The van der Waals surface area contributed by atoms with E-state index in [9.17, 15) is 14.4 Å². The van der Waals surface area contributed by atoms with Crippen molar-refractivity contribution in [3.8, 4) is 11.1 Å². The predicted molar refractivity (Wildman–Crippen MR) is 115 cm³/mol. The number of amides is 2. The number of carbonyl (C=O) groups excluding carboxylic acids is 2. The second-order valence-corrected chi connectivity index (χ2v) is 8.00. The number of aliphatic carboxylic acids is 1. The summed E-state index contributed by atoms with van der Waals surface area (Å²) in [6, 6.07) is 16.3. The molecule has 1 saturated carbocycles. The van der Waals surface area contributed by atoms with Crippen molar-refractivity contribution in [1.29, 1.82) is 0 Å². The van der Waals surface area contributed by atoms with E-state index in [0.29, 0.717) is 13.0 Å². The maximum atomic E-state index is 12.3. The Kier molecular flexibility index (Phi) is 6.21. The lowest BCUT2D eigenvalue weighted by molar-refractivity contribution is -0.144. The van der Waals surface area contributed by atoms with Crippen molar-refractivity contribution in [1.82, 2.24) is 10.2 Å². The van der Waals surface area contributed by atoms with Gasteiger partial charge >= 0.3 is 12.1 Å². The Morgan fingerprint density at radius 2 is 1.61 bits per heavy atom. The van der Waals surface area contributed by atoms with Gasteiger partial charge in [-0.1, -0.05) is 48.5 Å². The molecular formula is C24H26N2O5. The van der Waals surface area contributed by atoms with Crippen LogP contribution in [-0.2, 0) is 14.3 Å². The Morgan fingerprint density at radius 3 is 2.19 bits per heavy atom. The Balaban J connectivity index is 1.23. The summed E-state index contributed by atoms with van der Waals surface area (Å²) >= 11 is 0. The van der Waals surface area contributed by atoms with Crippen LogP contribution in [0.25, 0.3) is 11.1 Å². The SMILES string of the molecule is O=C(O)CN(C(=O)CCCNC(=O)OCC1c2ccccc2-c2ccccc21)C1CC1. The van der Waals surface area contributed by atoms with E-state index >= 15 is 0 Å². The van der Waals surface area contributed by atoms with Crippen LogP contribution in [-0.4, -0.2) is 53.7 Å². The number of rotatable bonds is 9. The van der Waals surface area contributed by atoms with Gasteiger partial charge in [-0.25, -0.2) is 4.79 Å². The summed E-state index contributed by atoms with van der Waals surface area (Å²) in [4.78, 5) is 36.8. The van der Waals surface area contributed by atoms with E-state index in [0.717, 1.165) is 24.0 Å². The number of carbonyl (C=O) groups is 3. The largest absolute Gasteiger partial charge is 0.480 e. The molecule has 162 valence electrons. The van der Waals surface area contributed by atoms with Gasteiger partial charge in [-0.3, -0.25) is 9.59 Å². The van der Waals surface area contributed by atoms with Gasteiger partial charge in [0.15, 0.2) is 0 Å². The normalized spacial score (nSPS) is 14.5. The number of fused-ring (bicyclic) bond motifs is 3. The highest BCUT2D eigenvalue weighted by Gasteiger charge is 2.33. The lowest BCUT2D eigenvalue weighted by atomic mass is 9.98. The van der Waals surface area contributed by atoms with E-state index in [2.05, 4.69) is 29.6 Å². The highest BCUT2D eigenvalue weighted by Crippen LogP contribution is 2.44. The summed E-state index contributed by atoms with van der Waals surface area (Å²) in [6.45, 7) is 0.282. The van der Waals surface area contributed by atoms with Gasteiger partial charge in [0, 0.05) is 24.9 Å². The van der Waals surface area contributed by atoms with Crippen molar-refractivity contribution in [2.24, 2.45) is 0 Å². The van der Waals surface area contributed by atoms with Crippen LogP contribution in [0.2, 0.25) is 0 Å². The van der Waals surface area contributed by atoms with Gasteiger partial charge in [0.1, 0.15) is 13.2 Å². The van der Waals surface area contributed by atoms with Crippen molar-refractivity contribution in [3.63, 3.8) is 0 Å². The molecule has 0 aliphatic heterocycles. The minimum atomic E-state index is -1.00. The highest BCUT2D eigenvalue weighted by atomic mass is 16.5. The van der Waals surface area contributed by atoms with Crippen LogP contribution in [0, 0.1) is 0 Å². The van der Waals surface area contributed by atoms with Crippen molar-refractivity contribution < 1.29 is 24.2 Å². The summed E-state index contributed by atoms with van der Waals surface area (Å²) in [5.74, 6) is -1.18. The molecule has 0 radical (unpaired) electrons. The standard InChI is InChI=1S/C24H26N2O5/c27-22(26(14-23(28)29)16-11-12-16)10-5-13-25-24(30)31-15-21-19-8-3-1-6-17(19)18-7-2-4-9-20(18)21/h1-4,6-9,16,21H,5,10-15H2,(H,25,30)(H,28,29). The molecule has 7 nitrogen and oxygen atoms in total. The van der Waals surface area contributed by atoms with Gasteiger partial charge in [-0.15, -0.1) is 0 Å². The van der Waals surface area contributed by atoms with Gasteiger partial charge in [0.05, 0.1) is 0 Å². The van der Waals surface area contributed by atoms with Gasteiger partial charge < -0.3 is 20.1 Å². The number of benzene rings is 2. The molecule has 2 aromatic rings. The first kappa shape index (κ1) is 20.9. The number of nitrogens with zero attached hydrogens (tertiary/aromatic N) is 1. The maximum absolute atomic E-state index is 12.3. The van der Waals surface area contributed by atoms with Crippen molar-refractivity contribution in [2.45, 2.75) is 37.6 Å². The fraction of sp³-hybridized carbons (Fsp3) is 0.375. The second-order valence-electron chi connectivity index (χ2n) is 8.00. The van der Waals surface area contributed by atoms with Gasteiger partial charge in [0.25, 0.3) is 0 Å². The van der Waals surface area contributed by atoms with E-state index in [4.69, 9.17) is 9.84 Å². The summed E-state index contributed by atoms with van der Waals surface area (Å²) in [5.41, 5.74) is 4.65. The summed E-state index contributed by atoms with van der Waals surface area (Å²) in [5, 5.41) is 11.6. The zero-order valence-electron chi connectivity index (χ0n) is 17.3. The second kappa shape index (κ2) is 9.20. The van der Waals surface area contributed by atoms with Crippen LogP contribution in [0.1, 0.15) is 42.7 Å². The number of hydrogen-bond acceptors (Lipinski definition) is 4. The molecule has 2 N–H and O–H groups in total. The van der Waals surface area contributed by atoms with Crippen LogP contribution >= 0.6 is 0 Å². The fourth-order valence-corrected chi connectivity index (χ4v) is 4.18. The predicted octanol–water partition coefficient (Wildman–Crippen LogP) is 3.38. The van der Waals surface area contributed by atoms with Crippen LogP contribution in [0.15, 0.2) is 48.5 Å². The first-order valence-electron chi connectivity index (χ1n) is 10.6. The molecule has 0 heterocycles. The molecule has 0 unspecified atom stereocenters. The number of nitrogens with one attached hydrogen (secondary N) is 1. The van der Waals surface area contributed by atoms with Crippen LogP contribution in [0.4, 0.5) is 4.79 Å². The van der Waals surface area contributed by atoms with Gasteiger partial charge in [-0.2, -0.15) is 0 Å². The molecule has 0 atom stereocenters. The molecule has 2 aliphatic carbocycles. The number of alkyl carbamates (subject to hydrolysis) is 1. The molecule has 0 aromatic heterocycles. The summed E-state index contributed by atoms with van der Waals surface area (Å²) in [6.07, 6.45) is 1.84. The average Bonchev–Trinajstić information content (AvgIpc) is 3.56. The molecule has 2 aliphatic rings. The molecule has 4 rings (SSSR count). The minimum Gasteiger partial charge on any atom is -0.480 e. The zero-order chi connectivity index (χ0) is 21.8. The number of carboxylic acid groups (broad SMARTS) is 1. The molecular weight excluding hydrogens is 396 g/mol. The fourth-order valence-electron chi connectivity index (χ4n) is 4.18. The molecule has 31 heavy (non-hydrogen) atoms. The number of ether oxygens (including phenoxy) is 1. The zero-order valence-corrected chi connectivity index (χ0v) is 17.3. The Hall–Kier alpha value is -3.35. The Labute approximate surface area is 181 Å². The third-order valence-corrected chi connectivity index (χ3v) is 5.79. The van der Waals surface area contributed by atoms with Gasteiger partial charge in [0.2, 0.25) is 5.91 Å². The third kappa shape index (κ3) is 4.87. The quantitative estimate of drug-likeness (QED) is 0.604. The lowest BCUT2D eigenvalue weighted by Gasteiger charge is -2.20. The molecule has 2 aromatic carbocycles. The molecule has 0 spiro atoms. The number of hydrogen-bond donors (Lipinski definition) is 2.